The number of piperidine rings is 2. The normalized spacial score (nSPS) is 25.7. The number of amides is 3. The third-order valence-corrected chi connectivity index (χ3v) is 8.15. The van der Waals surface area contributed by atoms with Crippen molar-refractivity contribution in [1.82, 2.24) is 19.7 Å². The zero-order chi connectivity index (χ0) is 23.6. The minimum atomic E-state index is -0.811. The molecular weight excluding hydrogens is 416 g/mol. The van der Waals surface area contributed by atoms with Crippen LogP contribution >= 0.6 is 0 Å². The highest BCUT2D eigenvalue weighted by Gasteiger charge is 2.49. The number of hydrogen-bond donors (Lipinski definition) is 0. The number of hydrogen-bond acceptors (Lipinski definition) is 4. The van der Waals surface area contributed by atoms with Crippen molar-refractivity contribution >= 4 is 17.7 Å². The molecular formula is C26H38N4O3. The lowest BCUT2D eigenvalue weighted by Crippen LogP contribution is -2.59. The highest BCUT2D eigenvalue weighted by atomic mass is 16.2. The molecule has 2 saturated heterocycles. The molecule has 0 radical (unpaired) electrons. The van der Waals surface area contributed by atoms with Gasteiger partial charge >= 0.3 is 0 Å². The zero-order valence-corrected chi connectivity index (χ0v) is 20.4. The third kappa shape index (κ3) is 4.51. The molecule has 1 aromatic rings. The van der Waals surface area contributed by atoms with E-state index in [1.807, 2.05) is 34.9 Å². The average molecular weight is 455 g/mol. The van der Waals surface area contributed by atoms with Crippen molar-refractivity contribution in [3.63, 3.8) is 0 Å². The van der Waals surface area contributed by atoms with Crippen molar-refractivity contribution in [1.29, 1.82) is 0 Å². The molecule has 1 aliphatic carbocycles. The quantitative estimate of drug-likeness (QED) is 0.701. The van der Waals surface area contributed by atoms with Gasteiger partial charge in [0.1, 0.15) is 5.41 Å². The molecule has 0 bridgehead atoms. The molecule has 1 saturated carbocycles. The zero-order valence-electron chi connectivity index (χ0n) is 20.4. The fourth-order valence-corrected chi connectivity index (χ4v) is 6.04. The predicted molar refractivity (Wildman–Crippen MR) is 126 cm³/mol. The number of likely N-dealkylation sites (tertiary alicyclic amines) is 2. The molecule has 1 atom stereocenters. The smallest absolute Gasteiger partial charge is 0.236 e. The monoisotopic (exact) mass is 454 g/mol. The summed E-state index contributed by atoms with van der Waals surface area (Å²) in [4.78, 5) is 50.1. The summed E-state index contributed by atoms with van der Waals surface area (Å²) in [6.07, 6.45) is 8.86. The SMILES string of the molecule is CN(C)C(=O)[C@@]1(c2ccccn2)CCCN(C(=O)C2(C)CCN(C(=O)C3CCCC3)CC2)C1. The Morgan fingerprint density at radius 3 is 2.27 bits per heavy atom. The average Bonchev–Trinajstić information content (AvgIpc) is 3.38. The molecule has 2 aliphatic heterocycles. The van der Waals surface area contributed by atoms with Crippen molar-refractivity contribution < 1.29 is 14.4 Å². The van der Waals surface area contributed by atoms with Gasteiger partial charge in [-0.1, -0.05) is 25.8 Å². The maximum absolute atomic E-state index is 13.8. The number of rotatable bonds is 4. The summed E-state index contributed by atoms with van der Waals surface area (Å²) in [5, 5.41) is 0. The van der Waals surface area contributed by atoms with E-state index in [1.165, 1.54) is 0 Å². The summed E-state index contributed by atoms with van der Waals surface area (Å²) in [7, 11) is 3.54. The molecule has 33 heavy (non-hydrogen) atoms. The molecule has 7 heteroatoms. The molecule has 3 amide bonds. The van der Waals surface area contributed by atoms with E-state index in [0.717, 1.165) is 37.8 Å². The maximum Gasteiger partial charge on any atom is 0.236 e. The molecule has 7 nitrogen and oxygen atoms in total. The van der Waals surface area contributed by atoms with Gasteiger partial charge in [0.2, 0.25) is 17.7 Å². The Morgan fingerprint density at radius 2 is 1.67 bits per heavy atom. The van der Waals surface area contributed by atoms with Crippen molar-refractivity contribution in [2.45, 2.75) is 63.7 Å². The van der Waals surface area contributed by atoms with E-state index >= 15 is 0 Å². The van der Waals surface area contributed by atoms with E-state index in [9.17, 15) is 14.4 Å². The molecule has 0 spiro atoms. The molecule has 3 aliphatic rings. The van der Waals surface area contributed by atoms with Gasteiger partial charge in [0.05, 0.1) is 5.69 Å². The Bertz CT molecular complexity index is 873. The van der Waals surface area contributed by atoms with E-state index in [-0.39, 0.29) is 23.6 Å². The van der Waals surface area contributed by atoms with E-state index in [0.29, 0.717) is 45.4 Å². The predicted octanol–water partition coefficient (Wildman–Crippen LogP) is 2.85. The lowest BCUT2D eigenvalue weighted by atomic mass is 9.73. The molecule has 3 fully saturated rings. The van der Waals surface area contributed by atoms with Crippen LogP contribution in [0.4, 0.5) is 0 Å². The van der Waals surface area contributed by atoms with Crippen LogP contribution in [0.15, 0.2) is 24.4 Å². The summed E-state index contributed by atoms with van der Waals surface area (Å²) >= 11 is 0. The van der Waals surface area contributed by atoms with E-state index in [2.05, 4.69) is 4.98 Å². The Morgan fingerprint density at radius 1 is 0.970 bits per heavy atom. The van der Waals surface area contributed by atoms with Crippen LogP contribution < -0.4 is 0 Å². The van der Waals surface area contributed by atoms with Crippen LogP contribution in [0.2, 0.25) is 0 Å². The summed E-state index contributed by atoms with van der Waals surface area (Å²) in [6.45, 7) is 4.35. The molecule has 180 valence electrons. The molecule has 4 rings (SSSR count). The first kappa shape index (κ1) is 23.7. The third-order valence-electron chi connectivity index (χ3n) is 8.15. The first-order valence-corrected chi connectivity index (χ1v) is 12.5. The minimum Gasteiger partial charge on any atom is -0.348 e. The van der Waals surface area contributed by atoms with Gasteiger partial charge in [-0.3, -0.25) is 19.4 Å². The van der Waals surface area contributed by atoms with Crippen LogP contribution in [0.1, 0.15) is 64.0 Å². The number of aromatic nitrogens is 1. The minimum absolute atomic E-state index is 0.000771. The van der Waals surface area contributed by atoms with Gasteiger partial charge in [-0.15, -0.1) is 0 Å². The van der Waals surface area contributed by atoms with E-state index < -0.39 is 10.8 Å². The van der Waals surface area contributed by atoms with Crippen LogP contribution in [-0.2, 0) is 19.8 Å². The largest absolute Gasteiger partial charge is 0.348 e. The van der Waals surface area contributed by atoms with Gasteiger partial charge < -0.3 is 14.7 Å². The Kier molecular flexibility index (Phi) is 6.78. The second-order valence-corrected chi connectivity index (χ2v) is 10.7. The van der Waals surface area contributed by atoms with Gasteiger partial charge in [-0.2, -0.15) is 0 Å². The topological polar surface area (TPSA) is 73.8 Å². The number of carbonyl (C=O) groups is 3. The molecule has 0 N–H and O–H groups in total. The van der Waals surface area contributed by atoms with Crippen LogP contribution in [0, 0.1) is 11.3 Å². The van der Waals surface area contributed by atoms with Crippen LogP contribution in [0.25, 0.3) is 0 Å². The fourth-order valence-electron chi connectivity index (χ4n) is 6.04. The second kappa shape index (κ2) is 9.43. The van der Waals surface area contributed by atoms with E-state index in [1.54, 1.807) is 25.2 Å². The Labute approximate surface area is 197 Å². The number of pyridine rings is 1. The van der Waals surface area contributed by atoms with Gasteiger partial charge in [-0.25, -0.2) is 0 Å². The summed E-state index contributed by atoms with van der Waals surface area (Å²) in [6, 6.07) is 5.67. The Hall–Kier alpha value is -2.44. The highest BCUT2D eigenvalue weighted by molar-refractivity contribution is 5.90. The van der Waals surface area contributed by atoms with Crippen molar-refractivity contribution in [3.05, 3.63) is 30.1 Å². The molecule has 0 unspecified atom stereocenters. The number of carbonyl (C=O) groups excluding carboxylic acids is 3. The number of nitrogens with zero attached hydrogens (tertiary/aromatic N) is 4. The van der Waals surface area contributed by atoms with Crippen molar-refractivity contribution in [3.8, 4) is 0 Å². The van der Waals surface area contributed by atoms with Gasteiger partial charge in [-0.05, 0) is 50.7 Å². The lowest BCUT2D eigenvalue weighted by molar-refractivity contribution is -0.152. The second-order valence-electron chi connectivity index (χ2n) is 10.7. The summed E-state index contributed by atoms with van der Waals surface area (Å²) in [5.74, 6) is 0.580. The van der Waals surface area contributed by atoms with Gasteiger partial charge in [0.15, 0.2) is 0 Å². The lowest BCUT2D eigenvalue weighted by Gasteiger charge is -2.47. The van der Waals surface area contributed by atoms with Crippen LogP contribution in [-0.4, -0.2) is 77.7 Å². The highest BCUT2D eigenvalue weighted by Crippen LogP contribution is 2.39. The maximum atomic E-state index is 13.8. The molecule has 3 heterocycles. The van der Waals surface area contributed by atoms with E-state index in [4.69, 9.17) is 0 Å². The van der Waals surface area contributed by atoms with Gasteiger partial charge in [0, 0.05) is 57.8 Å². The van der Waals surface area contributed by atoms with Crippen molar-refractivity contribution in [2.75, 3.05) is 40.3 Å². The van der Waals surface area contributed by atoms with Crippen LogP contribution in [0.3, 0.4) is 0 Å². The Balaban J connectivity index is 1.48. The standard InChI is InChI=1S/C26H38N4O3/c1-25(13-17-29(18-14-25)22(31)20-9-4-5-10-20)23(32)30-16-8-12-26(19-30,24(33)28(2)3)21-11-6-7-15-27-21/h6-7,11,15,20H,4-5,8-10,12-14,16-19H2,1-3H3/t26-/m0/s1. The first-order chi connectivity index (χ1) is 15.8. The van der Waals surface area contributed by atoms with Crippen molar-refractivity contribution in [2.24, 2.45) is 11.3 Å². The van der Waals surface area contributed by atoms with Crippen LogP contribution in [0.5, 0.6) is 0 Å². The summed E-state index contributed by atoms with van der Waals surface area (Å²) in [5.41, 5.74) is -0.571. The van der Waals surface area contributed by atoms with Gasteiger partial charge in [0.25, 0.3) is 0 Å². The first-order valence-electron chi connectivity index (χ1n) is 12.5. The number of likely N-dealkylation sites (N-methyl/N-ethyl adjacent to an activating group) is 1. The summed E-state index contributed by atoms with van der Waals surface area (Å²) < 4.78 is 0. The molecule has 1 aromatic heterocycles. The molecule has 0 aromatic carbocycles. The fraction of sp³-hybridized carbons (Fsp3) is 0.692.